The molecule has 2 rings (SSSR count). The summed E-state index contributed by atoms with van der Waals surface area (Å²) < 4.78 is 25.3. The maximum absolute atomic E-state index is 13.4. The molecule has 0 radical (unpaired) electrons. The van der Waals surface area contributed by atoms with Crippen molar-refractivity contribution in [2.75, 3.05) is 0 Å². The van der Waals surface area contributed by atoms with Crippen molar-refractivity contribution in [3.63, 3.8) is 0 Å². The highest BCUT2D eigenvalue weighted by atomic mass is 19.1. The smallest absolute Gasteiger partial charge is 0.400 e. The quantitative estimate of drug-likeness (QED) is 0.592. The fourth-order valence-corrected chi connectivity index (χ4v) is 1.91. The summed E-state index contributed by atoms with van der Waals surface area (Å²) >= 11 is 0. The highest BCUT2D eigenvalue weighted by Gasteiger charge is 2.51. The van der Waals surface area contributed by atoms with E-state index in [0.29, 0.717) is 5.56 Å². The molecule has 1 heterocycles. The molecule has 0 atom stereocenters. The van der Waals surface area contributed by atoms with Gasteiger partial charge in [0.2, 0.25) is 0 Å². The molecule has 0 saturated carbocycles. The van der Waals surface area contributed by atoms with Crippen molar-refractivity contribution in [3.8, 4) is 0 Å². The standard InChI is InChI=1S/C14H19BFO2/c1-6-10-9-11(7-8-12(10)16)15-17-13(2,3)14(4,5)18-15/h6-9H,1-5H3/q-1. The van der Waals surface area contributed by atoms with Gasteiger partial charge in [-0.05, 0) is 27.7 Å². The van der Waals surface area contributed by atoms with Gasteiger partial charge >= 0.3 is 7.12 Å². The van der Waals surface area contributed by atoms with Crippen molar-refractivity contribution < 1.29 is 13.7 Å². The lowest BCUT2D eigenvalue weighted by Crippen LogP contribution is -2.41. The van der Waals surface area contributed by atoms with Crippen molar-refractivity contribution >= 4 is 12.6 Å². The molecule has 0 aliphatic carbocycles. The van der Waals surface area contributed by atoms with Gasteiger partial charge in [-0.2, -0.15) is 18.1 Å². The van der Waals surface area contributed by atoms with E-state index in [1.54, 1.807) is 18.6 Å². The summed E-state index contributed by atoms with van der Waals surface area (Å²) in [5.74, 6) is -0.224. The van der Waals surface area contributed by atoms with Crippen LogP contribution in [0.2, 0.25) is 0 Å². The first kappa shape index (κ1) is 13.4. The van der Waals surface area contributed by atoms with Gasteiger partial charge in [-0.1, -0.05) is 24.5 Å². The third-order valence-electron chi connectivity index (χ3n) is 3.86. The predicted octanol–water partition coefficient (Wildman–Crippen LogP) is 2.70. The Labute approximate surface area is 109 Å². The monoisotopic (exact) mass is 249 g/mol. The number of benzene rings is 1. The van der Waals surface area contributed by atoms with E-state index < -0.39 is 7.12 Å². The largest absolute Gasteiger partial charge is 0.481 e. The van der Waals surface area contributed by atoms with Crippen LogP contribution < -0.4 is 5.46 Å². The lowest BCUT2D eigenvalue weighted by atomic mass is 9.78. The van der Waals surface area contributed by atoms with Crippen LogP contribution in [-0.4, -0.2) is 18.3 Å². The van der Waals surface area contributed by atoms with E-state index in [-0.39, 0.29) is 17.0 Å². The average Bonchev–Trinajstić information content (AvgIpc) is 2.49. The molecule has 0 bridgehead atoms. The van der Waals surface area contributed by atoms with Crippen molar-refractivity contribution in [2.45, 2.75) is 45.8 Å². The Bertz CT molecular complexity index is 441. The molecular formula is C14H19BFO2-. The lowest BCUT2D eigenvalue weighted by Gasteiger charge is -2.32. The first-order chi connectivity index (χ1) is 8.27. The van der Waals surface area contributed by atoms with Gasteiger partial charge in [-0.15, -0.1) is 0 Å². The van der Waals surface area contributed by atoms with Crippen molar-refractivity contribution in [1.29, 1.82) is 0 Å². The maximum Gasteiger partial charge on any atom is 0.481 e. The zero-order valence-electron chi connectivity index (χ0n) is 11.6. The zero-order chi connectivity index (χ0) is 13.6. The van der Waals surface area contributed by atoms with Crippen LogP contribution in [0.1, 0.15) is 40.2 Å². The fraction of sp³-hybridized carbons (Fsp3) is 0.500. The second-order valence-corrected chi connectivity index (χ2v) is 5.66. The average molecular weight is 249 g/mol. The molecule has 0 unspecified atom stereocenters. The number of hydrogen-bond donors (Lipinski definition) is 0. The molecule has 1 fully saturated rings. The van der Waals surface area contributed by atoms with Crippen LogP contribution in [0.25, 0.3) is 0 Å². The van der Waals surface area contributed by atoms with Gasteiger partial charge in [-0.3, -0.25) is 4.39 Å². The minimum absolute atomic E-state index is 0.224. The van der Waals surface area contributed by atoms with Crippen LogP contribution in [-0.2, 0) is 9.31 Å². The summed E-state index contributed by atoms with van der Waals surface area (Å²) in [4.78, 5) is 0. The van der Waals surface area contributed by atoms with E-state index >= 15 is 0 Å². The number of rotatable bonds is 2. The first-order valence-corrected chi connectivity index (χ1v) is 6.21. The summed E-state index contributed by atoms with van der Waals surface area (Å²) in [7, 11) is -0.436. The Kier molecular flexibility index (Phi) is 3.20. The van der Waals surface area contributed by atoms with Crippen molar-refractivity contribution in [2.24, 2.45) is 0 Å². The third-order valence-corrected chi connectivity index (χ3v) is 3.86. The van der Waals surface area contributed by atoms with Crippen LogP contribution in [0.15, 0.2) is 18.2 Å². The highest BCUT2D eigenvalue weighted by Crippen LogP contribution is 2.36. The maximum atomic E-state index is 13.4. The zero-order valence-corrected chi connectivity index (χ0v) is 11.6. The van der Waals surface area contributed by atoms with Crippen LogP contribution in [0.3, 0.4) is 0 Å². The van der Waals surface area contributed by atoms with Gasteiger partial charge in [-0.25, -0.2) is 0 Å². The molecule has 0 spiro atoms. The second-order valence-electron chi connectivity index (χ2n) is 5.66. The molecule has 1 aromatic rings. The van der Waals surface area contributed by atoms with Gasteiger partial charge < -0.3 is 9.31 Å². The predicted molar refractivity (Wildman–Crippen MR) is 71.2 cm³/mol. The van der Waals surface area contributed by atoms with E-state index in [1.807, 2.05) is 34.6 Å². The summed E-state index contributed by atoms with van der Waals surface area (Å²) in [6.07, 6.45) is 1.74. The summed E-state index contributed by atoms with van der Waals surface area (Å²) in [5, 5.41) is 0. The van der Waals surface area contributed by atoms with Gasteiger partial charge in [0.1, 0.15) is 0 Å². The molecular weight excluding hydrogens is 230 g/mol. The molecule has 1 aromatic carbocycles. The van der Waals surface area contributed by atoms with Gasteiger partial charge in [0.25, 0.3) is 0 Å². The van der Waals surface area contributed by atoms with E-state index in [1.165, 1.54) is 6.07 Å². The number of hydrogen-bond acceptors (Lipinski definition) is 2. The second kappa shape index (κ2) is 4.28. The molecule has 0 N–H and O–H groups in total. The molecule has 2 nitrogen and oxygen atoms in total. The van der Waals surface area contributed by atoms with Crippen LogP contribution in [0, 0.1) is 12.2 Å². The van der Waals surface area contributed by atoms with Gasteiger partial charge in [0.05, 0.1) is 11.2 Å². The highest BCUT2D eigenvalue weighted by molar-refractivity contribution is 6.62. The van der Waals surface area contributed by atoms with Gasteiger partial charge in [0, 0.05) is 5.82 Å². The molecule has 4 heteroatoms. The summed E-state index contributed by atoms with van der Waals surface area (Å²) in [6.45, 7) is 9.83. The minimum Gasteiger partial charge on any atom is -0.400 e. The van der Waals surface area contributed by atoms with E-state index in [4.69, 9.17) is 9.31 Å². The SMILES string of the molecule is C[CH-]c1cc(B2OC(C)(C)C(C)(C)O2)ccc1F. The molecule has 98 valence electrons. The van der Waals surface area contributed by atoms with Crippen LogP contribution in [0.4, 0.5) is 4.39 Å². The molecule has 0 aromatic heterocycles. The minimum atomic E-state index is -0.436. The molecule has 18 heavy (non-hydrogen) atoms. The van der Waals surface area contributed by atoms with Crippen LogP contribution >= 0.6 is 0 Å². The normalized spacial score (nSPS) is 21.1. The summed E-state index contributed by atoms with van der Waals surface area (Å²) in [5.41, 5.74) is 0.676. The Balaban J connectivity index is 2.30. The molecule has 1 saturated heterocycles. The Morgan fingerprint density at radius 2 is 1.67 bits per heavy atom. The van der Waals surface area contributed by atoms with Crippen LogP contribution in [0.5, 0.6) is 0 Å². The first-order valence-electron chi connectivity index (χ1n) is 6.21. The molecule has 0 amide bonds. The summed E-state index contributed by atoms with van der Waals surface area (Å²) in [6, 6.07) is 4.94. The molecule has 1 aliphatic heterocycles. The Morgan fingerprint density at radius 3 is 2.17 bits per heavy atom. The van der Waals surface area contributed by atoms with E-state index in [9.17, 15) is 4.39 Å². The van der Waals surface area contributed by atoms with Crippen molar-refractivity contribution in [3.05, 3.63) is 36.0 Å². The number of halogens is 1. The van der Waals surface area contributed by atoms with E-state index in [2.05, 4.69) is 0 Å². The lowest BCUT2D eigenvalue weighted by molar-refractivity contribution is 0.00578. The Morgan fingerprint density at radius 1 is 1.11 bits per heavy atom. The van der Waals surface area contributed by atoms with Crippen molar-refractivity contribution in [1.82, 2.24) is 0 Å². The fourth-order valence-electron chi connectivity index (χ4n) is 1.91. The van der Waals surface area contributed by atoms with E-state index in [0.717, 1.165) is 5.46 Å². The third kappa shape index (κ3) is 2.15. The van der Waals surface area contributed by atoms with Gasteiger partial charge in [0.15, 0.2) is 0 Å². The topological polar surface area (TPSA) is 18.5 Å². The Hall–Kier alpha value is -0.995. The molecule has 1 aliphatic rings.